The number of rotatable bonds is 4. The highest BCUT2D eigenvalue weighted by molar-refractivity contribution is 5.81. The monoisotopic (exact) mass is 238 g/mol. The summed E-state index contributed by atoms with van der Waals surface area (Å²) in [5, 5.41) is 0.801. The van der Waals surface area contributed by atoms with E-state index in [1.807, 2.05) is 10.6 Å². The summed E-state index contributed by atoms with van der Waals surface area (Å²) in [6, 6.07) is 6.15. The van der Waals surface area contributed by atoms with Gasteiger partial charge in [-0.15, -0.1) is 0 Å². The van der Waals surface area contributed by atoms with Crippen molar-refractivity contribution in [1.82, 2.24) is 9.47 Å². The van der Waals surface area contributed by atoms with E-state index >= 15 is 0 Å². The van der Waals surface area contributed by atoms with E-state index < -0.39 is 19.9 Å². The van der Waals surface area contributed by atoms with E-state index in [2.05, 4.69) is 0 Å². The lowest BCUT2D eigenvalue weighted by Gasteiger charge is -2.20. The Morgan fingerprint density at radius 1 is 1.41 bits per heavy atom. The number of nitrogens with zero attached hydrogens (tertiary/aromatic N) is 2. The van der Waals surface area contributed by atoms with E-state index in [0.29, 0.717) is 6.54 Å². The largest absolute Gasteiger partial charge is 0.497 e. The van der Waals surface area contributed by atoms with Crippen LogP contribution >= 0.6 is 0 Å². The summed E-state index contributed by atoms with van der Waals surface area (Å²) in [5.74, 6) is 0.259. The minimum atomic E-state index is -2.49. The fourth-order valence-corrected chi connectivity index (χ4v) is 1.75. The number of hydrogen-bond acceptors (Lipinski definition) is 2. The molecule has 2 aromatic rings. The molecule has 0 N–H and O–H groups in total. The Bertz CT molecular complexity index is 674. The second-order valence-corrected chi connectivity index (χ2v) is 4.27. The molecular weight excluding hydrogens is 212 g/mol. The molecule has 0 radical (unpaired) electrons. The van der Waals surface area contributed by atoms with Gasteiger partial charge in [0.2, 0.25) is 0 Å². The molecule has 0 fully saturated rings. The van der Waals surface area contributed by atoms with E-state index in [9.17, 15) is 0 Å². The summed E-state index contributed by atoms with van der Waals surface area (Å²) >= 11 is 0. The normalized spacial score (nSPS) is 19.9. The van der Waals surface area contributed by atoms with Crippen LogP contribution in [0.15, 0.2) is 30.5 Å². The van der Waals surface area contributed by atoms with Crippen LogP contribution in [0, 0.1) is 0 Å². The standard InChI is InChI=1S/C14H20N2O/c1-11(15(2)3)10-16-8-7-12-9-13(17-4)5-6-14(12)16/h5-9,11H,10H2,1-4H3/t11-/m0/s1/i1D3,4D3. The first-order valence-electron chi connectivity index (χ1n) is 8.42. The van der Waals surface area contributed by atoms with Crippen molar-refractivity contribution in [2.75, 3.05) is 21.1 Å². The molecule has 0 saturated carbocycles. The zero-order valence-corrected chi connectivity index (χ0v) is 9.97. The first-order valence-corrected chi connectivity index (χ1v) is 5.42. The highest BCUT2D eigenvalue weighted by atomic mass is 16.5. The average Bonchev–Trinajstić information content (AvgIpc) is 2.74. The Labute approximate surface area is 111 Å². The Morgan fingerprint density at radius 3 is 3.00 bits per heavy atom. The maximum atomic E-state index is 7.66. The van der Waals surface area contributed by atoms with Crippen LogP contribution in [0.25, 0.3) is 10.9 Å². The molecule has 0 spiro atoms. The summed E-state index contributed by atoms with van der Waals surface area (Å²) in [6.07, 6.45) is 1.80. The summed E-state index contributed by atoms with van der Waals surface area (Å²) in [5.41, 5.74) is 0.832. The van der Waals surface area contributed by atoms with Crippen molar-refractivity contribution in [3.63, 3.8) is 0 Å². The van der Waals surface area contributed by atoms with Gasteiger partial charge in [-0.25, -0.2) is 0 Å². The van der Waals surface area contributed by atoms with Crippen LogP contribution in [0.5, 0.6) is 5.75 Å². The smallest absolute Gasteiger partial charge is 0.119 e. The van der Waals surface area contributed by atoms with Gasteiger partial charge in [-0.3, -0.25) is 0 Å². The molecule has 0 saturated heterocycles. The van der Waals surface area contributed by atoms with Crippen LogP contribution in [-0.4, -0.2) is 36.6 Å². The number of ether oxygens (including phenoxy) is 1. The molecule has 1 atom stereocenters. The van der Waals surface area contributed by atoms with Gasteiger partial charge < -0.3 is 14.2 Å². The van der Waals surface area contributed by atoms with Gasteiger partial charge in [-0.05, 0) is 45.2 Å². The van der Waals surface area contributed by atoms with Crippen molar-refractivity contribution in [2.24, 2.45) is 0 Å². The van der Waals surface area contributed by atoms with Crippen LogP contribution in [0.3, 0.4) is 0 Å². The van der Waals surface area contributed by atoms with Crippen molar-refractivity contribution in [1.29, 1.82) is 0 Å². The minimum Gasteiger partial charge on any atom is -0.497 e. The highest BCUT2D eigenvalue weighted by Gasteiger charge is 2.08. The second-order valence-electron chi connectivity index (χ2n) is 4.27. The fraction of sp³-hybridized carbons (Fsp3) is 0.429. The Morgan fingerprint density at radius 2 is 2.29 bits per heavy atom. The minimum absolute atomic E-state index is 0.259. The zero-order chi connectivity index (χ0) is 17.4. The molecule has 0 aliphatic rings. The molecule has 0 aliphatic carbocycles. The second kappa shape index (κ2) is 4.80. The number of hydrogen-bond donors (Lipinski definition) is 0. The molecular formula is C14H20N2O. The predicted molar refractivity (Wildman–Crippen MR) is 71.6 cm³/mol. The molecule has 1 aromatic carbocycles. The Hall–Kier alpha value is -1.48. The molecule has 1 aromatic heterocycles. The van der Waals surface area contributed by atoms with Crippen molar-refractivity contribution in [3.05, 3.63) is 30.5 Å². The fourth-order valence-electron chi connectivity index (χ4n) is 1.75. The maximum absolute atomic E-state index is 7.66. The molecule has 0 unspecified atom stereocenters. The number of fused-ring (bicyclic) bond motifs is 1. The quantitative estimate of drug-likeness (QED) is 0.814. The third-order valence-corrected chi connectivity index (χ3v) is 2.85. The van der Waals surface area contributed by atoms with Gasteiger partial charge in [0.05, 0.1) is 11.2 Å². The van der Waals surface area contributed by atoms with Gasteiger partial charge in [0.25, 0.3) is 0 Å². The van der Waals surface area contributed by atoms with Crippen molar-refractivity contribution >= 4 is 10.9 Å². The Kier molecular flexibility index (Phi) is 1.82. The number of methoxy groups -OCH3 is 1. The van der Waals surface area contributed by atoms with Gasteiger partial charge in [-0.1, -0.05) is 0 Å². The molecule has 0 aliphatic heterocycles. The van der Waals surface area contributed by atoms with E-state index in [1.54, 1.807) is 43.4 Å². The molecule has 3 nitrogen and oxygen atoms in total. The van der Waals surface area contributed by atoms with Crippen molar-refractivity contribution in [3.8, 4) is 5.75 Å². The lowest BCUT2D eigenvalue weighted by atomic mass is 10.2. The molecule has 92 valence electrons. The van der Waals surface area contributed by atoms with Gasteiger partial charge in [0.1, 0.15) is 5.75 Å². The zero-order valence-electron chi connectivity index (χ0n) is 16.0. The summed E-state index contributed by atoms with van der Waals surface area (Å²) in [4.78, 5) is 1.69. The summed E-state index contributed by atoms with van der Waals surface area (Å²) < 4.78 is 51.1. The molecule has 17 heavy (non-hydrogen) atoms. The Balaban J connectivity index is 2.30. The molecule has 0 amide bonds. The topological polar surface area (TPSA) is 17.4 Å². The van der Waals surface area contributed by atoms with E-state index in [0.717, 1.165) is 10.9 Å². The van der Waals surface area contributed by atoms with Crippen molar-refractivity contribution < 1.29 is 13.0 Å². The van der Waals surface area contributed by atoms with Crippen LogP contribution in [0.1, 0.15) is 15.1 Å². The summed E-state index contributed by atoms with van der Waals surface area (Å²) in [7, 11) is 0.990. The van der Waals surface area contributed by atoms with Crippen LogP contribution in [0.2, 0.25) is 0 Å². The van der Waals surface area contributed by atoms with Gasteiger partial charge in [0, 0.05) is 33.8 Å². The first-order chi connectivity index (χ1) is 10.5. The lowest BCUT2D eigenvalue weighted by molar-refractivity contribution is 0.286. The highest BCUT2D eigenvalue weighted by Crippen LogP contribution is 2.22. The predicted octanol–water partition coefficient (Wildman–Crippen LogP) is 2.60. The van der Waals surface area contributed by atoms with Gasteiger partial charge in [-0.2, -0.15) is 0 Å². The molecule has 3 heteroatoms. The van der Waals surface area contributed by atoms with E-state index in [-0.39, 0.29) is 5.75 Å². The average molecular weight is 238 g/mol. The number of aromatic nitrogens is 1. The van der Waals surface area contributed by atoms with Crippen LogP contribution in [-0.2, 0) is 6.54 Å². The molecule has 0 bridgehead atoms. The number of likely N-dealkylation sites (N-methyl/N-ethyl adjacent to an activating group) is 1. The molecule has 2 rings (SSSR count). The van der Waals surface area contributed by atoms with Crippen LogP contribution < -0.4 is 4.74 Å². The van der Waals surface area contributed by atoms with Gasteiger partial charge in [0.15, 0.2) is 0 Å². The molecule has 1 heterocycles. The van der Waals surface area contributed by atoms with Crippen molar-refractivity contribution in [2.45, 2.75) is 19.4 Å². The first kappa shape index (κ1) is 6.45. The number of benzene rings is 1. The van der Waals surface area contributed by atoms with E-state index in [1.165, 1.54) is 0 Å². The van der Waals surface area contributed by atoms with Crippen LogP contribution in [0.4, 0.5) is 0 Å². The maximum Gasteiger partial charge on any atom is 0.119 e. The van der Waals surface area contributed by atoms with E-state index in [4.69, 9.17) is 13.0 Å². The lowest BCUT2D eigenvalue weighted by Crippen LogP contribution is -2.28. The third kappa shape index (κ3) is 2.44. The van der Waals surface area contributed by atoms with Gasteiger partial charge >= 0.3 is 0 Å². The summed E-state index contributed by atoms with van der Waals surface area (Å²) in [6.45, 7) is -1.78. The third-order valence-electron chi connectivity index (χ3n) is 2.85. The SMILES string of the molecule is [2H]C([2H])([2H])Oc1ccc2c(ccn2C[C@@H](N(C)C)C([2H])([2H])[2H])c1.